The highest BCUT2D eigenvalue weighted by atomic mass is 16.5. The number of carbonyl (C=O) groups excluding carboxylic acids is 2. The van der Waals surface area contributed by atoms with Crippen LogP contribution in [0.15, 0.2) is 59.2 Å². The standard InChI is InChI=1S/C23H21N5O4/c1-15-12-19(16(2)27(15)3)21(29)14-32-23(30)20(13-18-10-7-11-31-18)28-22(24-25-26-28)17-8-5-4-6-9-17/h4-13H,14H2,1-3H3/b20-13+. The monoisotopic (exact) mass is 431 g/mol. The molecule has 0 radical (unpaired) electrons. The van der Waals surface area contributed by atoms with E-state index >= 15 is 0 Å². The second-order valence-electron chi connectivity index (χ2n) is 7.17. The van der Waals surface area contributed by atoms with Crippen LogP contribution in [0.25, 0.3) is 23.2 Å². The Morgan fingerprint density at radius 3 is 2.56 bits per heavy atom. The number of rotatable bonds is 7. The van der Waals surface area contributed by atoms with Crippen LogP contribution in [-0.2, 0) is 16.6 Å². The Bertz CT molecular complexity index is 1280. The molecule has 0 saturated carbocycles. The number of aromatic nitrogens is 5. The highest BCUT2D eigenvalue weighted by Gasteiger charge is 2.23. The van der Waals surface area contributed by atoms with Gasteiger partial charge in [-0.05, 0) is 42.5 Å². The molecule has 9 nitrogen and oxygen atoms in total. The topological polar surface area (TPSA) is 105 Å². The number of carbonyl (C=O) groups is 2. The molecule has 0 bridgehead atoms. The summed E-state index contributed by atoms with van der Waals surface area (Å²) in [5.74, 6) is -0.296. The molecule has 0 amide bonds. The minimum Gasteiger partial charge on any atom is -0.465 e. The highest BCUT2D eigenvalue weighted by molar-refractivity contribution is 6.16. The number of esters is 1. The number of nitrogens with zero attached hydrogens (tertiary/aromatic N) is 5. The van der Waals surface area contributed by atoms with Gasteiger partial charge in [-0.1, -0.05) is 30.3 Å². The van der Waals surface area contributed by atoms with Crippen molar-refractivity contribution in [3.63, 3.8) is 0 Å². The molecule has 0 saturated heterocycles. The van der Waals surface area contributed by atoms with Crippen molar-refractivity contribution in [3.8, 4) is 11.4 Å². The Morgan fingerprint density at radius 2 is 1.91 bits per heavy atom. The van der Waals surface area contributed by atoms with Gasteiger partial charge in [0.25, 0.3) is 0 Å². The van der Waals surface area contributed by atoms with E-state index in [-0.39, 0.29) is 11.5 Å². The van der Waals surface area contributed by atoms with Gasteiger partial charge in [-0.25, -0.2) is 4.79 Å². The normalized spacial score (nSPS) is 11.5. The number of furan rings is 1. The molecule has 3 aromatic heterocycles. The van der Waals surface area contributed by atoms with Crippen LogP contribution in [0.3, 0.4) is 0 Å². The average molecular weight is 431 g/mol. The summed E-state index contributed by atoms with van der Waals surface area (Å²) in [6, 6.07) is 14.3. The predicted octanol–water partition coefficient (Wildman–Crippen LogP) is 3.31. The molecular formula is C23H21N5O4. The Balaban J connectivity index is 1.62. The minimum absolute atomic E-state index is 0.0116. The van der Waals surface area contributed by atoms with Gasteiger partial charge in [-0.15, -0.1) is 5.10 Å². The number of ketones is 1. The van der Waals surface area contributed by atoms with E-state index in [0.29, 0.717) is 22.7 Å². The summed E-state index contributed by atoms with van der Waals surface area (Å²) >= 11 is 0. The fraction of sp³-hybridized carbons (Fsp3) is 0.174. The molecule has 4 aromatic rings. The smallest absolute Gasteiger partial charge is 0.357 e. The van der Waals surface area contributed by atoms with Crippen molar-refractivity contribution in [3.05, 3.63) is 77.5 Å². The van der Waals surface area contributed by atoms with E-state index in [1.165, 1.54) is 17.0 Å². The van der Waals surface area contributed by atoms with Crippen LogP contribution in [0.2, 0.25) is 0 Å². The molecular weight excluding hydrogens is 410 g/mol. The maximum atomic E-state index is 13.0. The van der Waals surface area contributed by atoms with Gasteiger partial charge in [0, 0.05) is 35.6 Å². The zero-order chi connectivity index (χ0) is 22.7. The molecule has 9 heteroatoms. The lowest BCUT2D eigenvalue weighted by Crippen LogP contribution is -2.19. The predicted molar refractivity (Wildman–Crippen MR) is 116 cm³/mol. The number of aryl methyl sites for hydroxylation is 1. The van der Waals surface area contributed by atoms with Crippen molar-refractivity contribution >= 4 is 23.5 Å². The molecule has 1 aromatic carbocycles. The lowest BCUT2D eigenvalue weighted by atomic mass is 10.1. The second kappa shape index (κ2) is 8.84. The lowest BCUT2D eigenvalue weighted by Gasteiger charge is -2.09. The molecule has 0 unspecified atom stereocenters. The van der Waals surface area contributed by atoms with E-state index in [1.807, 2.05) is 55.8 Å². The first-order valence-electron chi connectivity index (χ1n) is 9.88. The number of benzene rings is 1. The number of tetrazole rings is 1. The molecule has 0 fully saturated rings. The molecule has 32 heavy (non-hydrogen) atoms. The summed E-state index contributed by atoms with van der Waals surface area (Å²) in [6.45, 7) is 3.34. The highest BCUT2D eigenvalue weighted by Crippen LogP contribution is 2.22. The van der Waals surface area contributed by atoms with E-state index in [2.05, 4.69) is 15.5 Å². The Kier molecular flexibility index (Phi) is 5.80. The van der Waals surface area contributed by atoms with E-state index in [9.17, 15) is 9.59 Å². The van der Waals surface area contributed by atoms with Crippen LogP contribution in [0.5, 0.6) is 0 Å². The second-order valence-corrected chi connectivity index (χ2v) is 7.17. The largest absolute Gasteiger partial charge is 0.465 e. The van der Waals surface area contributed by atoms with Gasteiger partial charge < -0.3 is 13.7 Å². The van der Waals surface area contributed by atoms with Crippen LogP contribution in [-0.4, -0.2) is 43.1 Å². The summed E-state index contributed by atoms with van der Waals surface area (Å²) in [4.78, 5) is 25.7. The summed E-state index contributed by atoms with van der Waals surface area (Å²) < 4.78 is 13.9. The first-order valence-corrected chi connectivity index (χ1v) is 9.88. The summed E-state index contributed by atoms with van der Waals surface area (Å²) in [5.41, 5.74) is 2.99. The van der Waals surface area contributed by atoms with Crippen molar-refractivity contribution in [2.24, 2.45) is 7.05 Å². The van der Waals surface area contributed by atoms with Gasteiger partial charge in [0.1, 0.15) is 5.76 Å². The van der Waals surface area contributed by atoms with E-state index in [0.717, 1.165) is 11.4 Å². The van der Waals surface area contributed by atoms with Crippen molar-refractivity contribution in [1.29, 1.82) is 0 Å². The van der Waals surface area contributed by atoms with Crippen molar-refractivity contribution in [1.82, 2.24) is 24.8 Å². The summed E-state index contributed by atoms with van der Waals surface area (Å²) in [6.07, 6.45) is 2.95. The van der Waals surface area contributed by atoms with Crippen LogP contribution >= 0.6 is 0 Å². The van der Waals surface area contributed by atoms with Crippen LogP contribution in [0, 0.1) is 13.8 Å². The number of hydrogen-bond acceptors (Lipinski definition) is 7. The molecule has 0 aliphatic heterocycles. The van der Waals surface area contributed by atoms with E-state index in [1.54, 1.807) is 18.2 Å². The Hall–Kier alpha value is -4.27. The Labute approximate surface area is 183 Å². The van der Waals surface area contributed by atoms with Gasteiger partial charge in [-0.2, -0.15) is 4.68 Å². The maximum Gasteiger partial charge on any atom is 0.357 e. The van der Waals surface area contributed by atoms with Crippen molar-refractivity contribution in [2.75, 3.05) is 6.61 Å². The Morgan fingerprint density at radius 1 is 1.12 bits per heavy atom. The zero-order valence-electron chi connectivity index (χ0n) is 17.8. The van der Waals surface area contributed by atoms with Crippen LogP contribution in [0.4, 0.5) is 0 Å². The maximum absolute atomic E-state index is 13.0. The van der Waals surface area contributed by atoms with E-state index < -0.39 is 12.6 Å². The van der Waals surface area contributed by atoms with Gasteiger partial charge in [0.2, 0.25) is 5.78 Å². The van der Waals surface area contributed by atoms with Crippen molar-refractivity contribution in [2.45, 2.75) is 13.8 Å². The fourth-order valence-corrected chi connectivity index (χ4v) is 3.25. The first kappa shape index (κ1) is 21.0. The zero-order valence-corrected chi connectivity index (χ0v) is 17.8. The van der Waals surface area contributed by atoms with Crippen LogP contribution < -0.4 is 0 Å². The third kappa shape index (κ3) is 4.13. The number of Topliss-reactive ketones (excluding diaryl/α,β-unsaturated/α-hetero) is 1. The molecule has 0 spiro atoms. The number of ether oxygens (including phenoxy) is 1. The van der Waals surface area contributed by atoms with Crippen molar-refractivity contribution < 1.29 is 18.7 Å². The number of hydrogen-bond donors (Lipinski definition) is 0. The third-order valence-electron chi connectivity index (χ3n) is 5.17. The van der Waals surface area contributed by atoms with Gasteiger partial charge in [0.15, 0.2) is 18.1 Å². The average Bonchev–Trinajstić information content (AvgIpc) is 3.55. The molecule has 0 aliphatic carbocycles. The molecule has 3 heterocycles. The third-order valence-corrected chi connectivity index (χ3v) is 5.17. The quantitative estimate of drug-likeness (QED) is 0.251. The lowest BCUT2D eigenvalue weighted by molar-refractivity contribution is -0.136. The first-order chi connectivity index (χ1) is 15.5. The summed E-state index contributed by atoms with van der Waals surface area (Å²) in [7, 11) is 1.88. The van der Waals surface area contributed by atoms with Gasteiger partial charge in [0.05, 0.1) is 6.26 Å². The molecule has 162 valence electrons. The fourth-order valence-electron chi connectivity index (χ4n) is 3.25. The van der Waals surface area contributed by atoms with E-state index in [4.69, 9.17) is 9.15 Å². The summed E-state index contributed by atoms with van der Waals surface area (Å²) in [5, 5.41) is 11.7. The molecule has 0 aliphatic rings. The minimum atomic E-state index is -0.760. The van der Waals surface area contributed by atoms with Crippen LogP contribution in [0.1, 0.15) is 27.5 Å². The van der Waals surface area contributed by atoms with Gasteiger partial charge in [-0.3, -0.25) is 4.79 Å². The molecule has 0 atom stereocenters. The molecule has 0 N–H and O–H groups in total. The molecule has 4 rings (SSSR count). The van der Waals surface area contributed by atoms with Gasteiger partial charge >= 0.3 is 5.97 Å². The SMILES string of the molecule is Cc1cc(C(=O)COC(=O)/C(=C\c2ccco2)n2nnnc2-c2ccccc2)c(C)n1C.